The molecule has 1 aromatic carbocycles. The lowest BCUT2D eigenvalue weighted by Gasteiger charge is -2.21. The second kappa shape index (κ2) is 8.10. The van der Waals surface area contributed by atoms with Crippen molar-refractivity contribution in [3.63, 3.8) is 0 Å². The van der Waals surface area contributed by atoms with Gasteiger partial charge >= 0.3 is 0 Å². The van der Waals surface area contributed by atoms with Crippen molar-refractivity contribution in [1.29, 1.82) is 0 Å². The zero-order valence-electron chi connectivity index (χ0n) is 16.4. The van der Waals surface area contributed by atoms with Crippen molar-refractivity contribution in [2.45, 2.75) is 20.8 Å². The molecule has 144 valence electrons. The number of likely N-dealkylation sites (N-methyl/N-ethyl adjacent to an activating group) is 1. The lowest BCUT2D eigenvalue weighted by Crippen LogP contribution is -2.36. The number of amides is 1. The summed E-state index contributed by atoms with van der Waals surface area (Å²) >= 11 is 1.50. The highest BCUT2D eigenvalue weighted by atomic mass is 32.1. The Hall–Kier alpha value is -2.38. The van der Waals surface area contributed by atoms with Crippen LogP contribution in [0.1, 0.15) is 28.8 Å². The molecule has 2 aromatic heterocycles. The molecule has 0 saturated heterocycles. The van der Waals surface area contributed by atoms with Gasteiger partial charge in [0.2, 0.25) is 0 Å². The fourth-order valence-electron chi connectivity index (χ4n) is 2.87. The molecule has 2 heterocycles. The maximum atomic E-state index is 13.3. The average Bonchev–Trinajstić information content (AvgIpc) is 3.18. The Balaban J connectivity index is 2.02. The largest absolute Gasteiger partial charge is 0.492 e. The van der Waals surface area contributed by atoms with Crippen LogP contribution in [0.4, 0.5) is 5.13 Å². The zero-order valence-corrected chi connectivity index (χ0v) is 17.2. The minimum Gasteiger partial charge on any atom is -0.492 e. The number of carbonyl (C=O) groups excluding carboxylic acids is 1. The van der Waals surface area contributed by atoms with E-state index in [0.29, 0.717) is 29.6 Å². The van der Waals surface area contributed by atoms with E-state index in [1.54, 1.807) is 11.0 Å². The quantitative estimate of drug-likeness (QED) is 0.610. The minimum absolute atomic E-state index is 0.0942. The number of aryl methyl sites for hydroxylation is 2. The van der Waals surface area contributed by atoms with Gasteiger partial charge in [0, 0.05) is 13.1 Å². The Morgan fingerprint density at radius 3 is 2.67 bits per heavy atom. The lowest BCUT2D eigenvalue weighted by atomic mass is 10.2. The number of para-hydroxylation sites is 1. The monoisotopic (exact) mass is 387 g/mol. The Morgan fingerprint density at radius 2 is 2.04 bits per heavy atom. The summed E-state index contributed by atoms with van der Waals surface area (Å²) in [5, 5.41) is 0.669. The van der Waals surface area contributed by atoms with Crippen LogP contribution < -0.4 is 9.64 Å². The van der Waals surface area contributed by atoms with E-state index in [2.05, 4.69) is 0 Å². The summed E-state index contributed by atoms with van der Waals surface area (Å²) in [7, 11) is 3.98. The number of carbonyl (C=O) groups is 1. The number of rotatable bonds is 7. The molecule has 0 N–H and O–H groups in total. The highest BCUT2D eigenvalue weighted by Gasteiger charge is 2.25. The van der Waals surface area contributed by atoms with Gasteiger partial charge in [0.15, 0.2) is 5.13 Å². The van der Waals surface area contributed by atoms with E-state index < -0.39 is 0 Å². The molecule has 27 heavy (non-hydrogen) atoms. The van der Waals surface area contributed by atoms with Crippen LogP contribution in [0.5, 0.6) is 5.75 Å². The Kier molecular flexibility index (Phi) is 5.82. The summed E-state index contributed by atoms with van der Waals surface area (Å²) in [6.07, 6.45) is 0. The number of ether oxygens (including phenoxy) is 1. The standard InChI is InChI=1S/C20H25N3O3S/c1-6-25-16-8-7-9-17-18(16)21-20(27-17)23(11-10-22(4)5)19(24)15-12-13(2)26-14(15)3/h7-9,12H,6,10-11H2,1-5H3. The van der Waals surface area contributed by atoms with Crippen molar-refractivity contribution in [1.82, 2.24) is 9.88 Å². The predicted octanol–water partition coefficient (Wildman–Crippen LogP) is 4.11. The second-order valence-electron chi connectivity index (χ2n) is 6.62. The summed E-state index contributed by atoms with van der Waals surface area (Å²) in [5.74, 6) is 2.01. The van der Waals surface area contributed by atoms with Crippen molar-refractivity contribution < 1.29 is 13.9 Å². The first-order chi connectivity index (χ1) is 12.9. The van der Waals surface area contributed by atoms with E-state index >= 15 is 0 Å². The van der Waals surface area contributed by atoms with Crippen molar-refractivity contribution in [3.8, 4) is 5.75 Å². The highest BCUT2D eigenvalue weighted by Crippen LogP contribution is 2.35. The molecule has 0 aliphatic carbocycles. The van der Waals surface area contributed by atoms with Crippen molar-refractivity contribution in [2.24, 2.45) is 0 Å². The van der Waals surface area contributed by atoms with Crippen LogP contribution >= 0.6 is 11.3 Å². The van der Waals surface area contributed by atoms with Gasteiger partial charge in [-0.1, -0.05) is 17.4 Å². The van der Waals surface area contributed by atoms with Crippen LogP contribution in [0.2, 0.25) is 0 Å². The van der Waals surface area contributed by atoms with Crippen LogP contribution in [0.15, 0.2) is 28.7 Å². The molecular weight excluding hydrogens is 362 g/mol. The number of thiazole rings is 1. The average molecular weight is 388 g/mol. The van der Waals surface area contributed by atoms with E-state index in [4.69, 9.17) is 14.1 Å². The molecule has 0 atom stereocenters. The Bertz CT molecular complexity index is 945. The van der Waals surface area contributed by atoms with Crippen LogP contribution in [-0.2, 0) is 0 Å². The molecule has 1 amide bonds. The topological polar surface area (TPSA) is 58.8 Å². The van der Waals surface area contributed by atoms with Crippen LogP contribution in [0, 0.1) is 13.8 Å². The van der Waals surface area contributed by atoms with Gasteiger partial charge in [-0.3, -0.25) is 9.69 Å². The van der Waals surface area contributed by atoms with Gasteiger partial charge in [-0.15, -0.1) is 0 Å². The molecule has 0 aliphatic rings. The first-order valence-corrected chi connectivity index (χ1v) is 9.78. The fourth-order valence-corrected chi connectivity index (χ4v) is 3.88. The molecule has 3 aromatic rings. The normalized spacial score (nSPS) is 11.3. The number of anilines is 1. The maximum Gasteiger partial charge on any atom is 0.263 e. The summed E-state index contributed by atoms with van der Waals surface area (Å²) in [6.45, 7) is 7.46. The zero-order chi connectivity index (χ0) is 19.6. The van der Waals surface area contributed by atoms with Gasteiger partial charge in [-0.25, -0.2) is 4.98 Å². The molecule has 6 nitrogen and oxygen atoms in total. The third kappa shape index (κ3) is 4.14. The number of nitrogens with zero attached hydrogens (tertiary/aromatic N) is 3. The number of fused-ring (bicyclic) bond motifs is 1. The van der Waals surface area contributed by atoms with E-state index in [-0.39, 0.29) is 5.91 Å². The van der Waals surface area contributed by atoms with Crippen LogP contribution in [0.25, 0.3) is 10.2 Å². The lowest BCUT2D eigenvalue weighted by molar-refractivity contribution is 0.0983. The second-order valence-corrected chi connectivity index (χ2v) is 7.63. The Labute approximate surface area is 163 Å². The summed E-state index contributed by atoms with van der Waals surface area (Å²) in [5.41, 5.74) is 1.37. The molecule has 0 unspecified atom stereocenters. The van der Waals surface area contributed by atoms with Gasteiger partial charge in [0.1, 0.15) is 22.8 Å². The number of hydrogen-bond donors (Lipinski definition) is 0. The summed E-state index contributed by atoms with van der Waals surface area (Å²) in [6, 6.07) is 7.65. The first kappa shape index (κ1) is 19.4. The molecule has 0 radical (unpaired) electrons. The molecular formula is C20H25N3O3S. The van der Waals surface area contributed by atoms with Gasteiger partial charge < -0.3 is 14.1 Å². The molecule has 0 aliphatic heterocycles. The fraction of sp³-hybridized carbons (Fsp3) is 0.400. The smallest absolute Gasteiger partial charge is 0.263 e. The molecule has 0 fully saturated rings. The third-order valence-electron chi connectivity index (χ3n) is 4.19. The Morgan fingerprint density at radius 1 is 1.26 bits per heavy atom. The van der Waals surface area contributed by atoms with Gasteiger partial charge in [0.05, 0.1) is 16.9 Å². The number of aromatic nitrogens is 1. The van der Waals surface area contributed by atoms with Crippen molar-refractivity contribution in [3.05, 3.63) is 41.3 Å². The minimum atomic E-state index is -0.0942. The number of hydrogen-bond acceptors (Lipinski definition) is 6. The third-order valence-corrected chi connectivity index (χ3v) is 5.23. The first-order valence-electron chi connectivity index (χ1n) is 8.96. The van der Waals surface area contributed by atoms with Gasteiger partial charge in [0.25, 0.3) is 5.91 Å². The molecule has 3 rings (SSSR count). The molecule has 7 heteroatoms. The SMILES string of the molecule is CCOc1cccc2sc(N(CCN(C)C)C(=O)c3cc(C)oc3C)nc12. The summed E-state index contributed by atoms with van der Waals surface area (Å²) < 4.78 is 12.3. The predicted molar refractivity (Wildman–Crippen MR) is 109 cm³/mol. The van der Waals surface area contributed by atoms with Crippen LogP contribution in [-0.4, -0.2) is 49.6 Å². The van der Waals surface area contributed by atoms with Crippen molar-refractivity contribution >= 4 is 32.6 Å². The van der Waals surface area contributed by atoms with Gasteiger partial charge in [-0.05, 0) is 53.1 Å². The van der Waals surface area contributed by atoms with E-state index in [1.165, 1.54) is 11.3 Å². The number of benzene rings is 1. The molecule has 0 bridgehead atoms. The number of furan rings is 1. The maximum absolute atomic E-state index is 13.3. The van der Waals surface area contributed by atoms with E-state index in [9.17, 15) is 4.79 Å². The highest BCUT2D eigenvalue weighted by molar-refractivity contribution is 7.22. The van der Waals surface area contributed by atoms with E-state index in [1.807, 2.05) is 58.0 Å². The molecule has 0 saturated carbocycles. The van der Waals surface area contributed by atoms with Crippen molar-refractivity contribution in [2.75, 3.05) is 38.7 Å². The van der Waals surface area contributed by atoms with Crippen LogP contribution in [0.3, 0.4) is 0 Å². The molecule has 0 spiro atoms. The van der Waals surface area contributed by atoms with Gasteiger partial charge in [-0.2, -0.15) is 0 Å². The van der Waals surface area contributed by atoms with E-state index in [0.717, 1.165) is 28.3 Å². The summed E-state index contributed by atoms with van der Waals surface area (Å²) in [4.78, 5) is 21.8.